The molecule has 0 amide bonds. The minimum Gasteiger partial charge on any atom is -0.462 e. The Labute approximate surface area is 96.0 Å². The lowest BCUT2D eigenvalue weighted by atomic mass is 10.1. The van der Waals surface area contributed by atoms with Gasteiger partial charge in [-0.1, -0.05) is 0 Å². The summed E-state index contributed by atoms with van der Waals surface area (Å²) in [5, 5.41) is 3.03. The van der Waals surface area contributed by atoms with E-state index in [0.29, 0.717) is 6.54 Å². The number of aromatic nitrogens is 1. The van der Waals surface area contributed by atoms with E-state index in [1.807, 2.05) is 26.8 Å². The number of esters is 1. The molecule has 0 fully saturated rings. The molecule has 0 aliphatic carbocycles. The predicted octanol–water partition coefficient (Wildman–Crippen LogP) is 1.43. The molecule has 0 aliphatic heterocycles. The molecule has 0 aromatic carbocycles. The molecule has 0 radical (unpaired) electrons. The van der Waals surface area contributed by atoms with Crippen molar-refractivity contribution in [1.29, 1.82) is 0 Å². The fourth-order valence-corrected chi connectivity index (χ4v) is 1.29. The van der Waals surface area contributed by atoms with Crippen LogP contribution in [0.15, 0.2) is 18.5 Å². The molecule has 0 atom stereocenters. The molecular weight excluding hydrogens is 204 g/mol. The summed E-state index contributed by atoms with van der Waals surface area (Å²) >= 11 is 0. The fourth-order valence-electron chi connectivity index (χ4n) is 1.29. The second kappa shape index (κ2) is 6.23. The highest BCUT2D eigenvalue weighted by Gasteiger charge is 2.05. The molecule has 88 valence electrons. The quantitative estimate of drug-likeness (QED) is 0.766. The van der Waals surface area contributed by atoms with E-state index in [4.69, 9.17) is 4.74 Å². The molecule has 0 unspecified atom stereocenters. The van der Waals surface area contributed by atoms with Gasteiger partial charge < -0.3 is 10.1 Å². The molecular formula is C12H18N2O2. The topological polar surface area (TPSA) is 51.2 Å². The number of nitrogens with zero attached hydrogens (tertiary/aromatic N) is 1. The number of hydrogen-bond donors (Lipinski definition) is 1. The summed E-state index contributed by atoms with van der Waals surface area (Å²) in [7, 11) is 0. The SMILES string of the molecule is Cc1ccncc1CNCC(=O)OC(C)C. The van der Waals surface area contributed by atoms with E-state index in [9.17, 15) is 4.79 Å². The first-order valence-electron chi connectivity index (χ1n) is 5.39. The molecule has 1 aromatic heterocycles. The number of carbonyl (C=O) groups is 1. The van der Waals surface area contributed by atoms with Gasteiger partial charge in [0.25, 0.3) is 0 Å². The fraction of sp³-hybridized carbons (Fsp3) is 0.500. The maximum absolute atomic E-state index is 11.2. The van der Waals surface area contributed by atoms with Gasteiger partial charge in [-0.05, 0) is 38.0 Å². The average Bonchev–Trinajstić information content (AvgIpc) is 2.19. The molecule has 0 bridgehead atoms. The standard InChI is InChI=1S/C12H18N2O2/c1-9(2)16-12(15)8-14-7-11-6-13-5-4-10(11)3/h4-6,9,14H,7-8H2,1-3H3. The van der Waals surface area contributed by atoms with E-state index in [1.54, 1.807) is 12.4 Å². The summed E-state index contributed by atoms with van der Waals surface area (Å²) in [6.45, 7) is 6.55. The Hall–Kier alpha value is -1.42. The van der Waals surface area contributed by atoms with Crippen molar-refractivity contribution >= 4 is 5.97 Å². The van der Waals surface area contributed by atoms with Crippen LogP contribution in [0.2, 0.25) is 0 Å². The molecule has 4 heteroatoms. The van der Waals surface area contributed by atoms with Gasteiger partial charge >= 0.3 is 5.97 Å². The van der Waals surface area contributed by atoms with Crippen LogP contribution >= 0.6 is 0 Å². The Morgan fingerprint density at radius 3 is 2.94 bits per heavy atom. The van der Waals surface area contributed by atoms with Crippen LogP contribution in [0.25, 0.3) is 0 Å². The van der Waals surface area contributed by atoms with E-state index in [1.165, 1.54) is 5.56 Å². The smallest absolute Gasteiger partial charge is 0.320 e. The summed E-state index contributed by atoms with van der Waals surface area (Å²) < 4.78 is 5.00. The summed E-state index contributed by atoms with van der Waals surface area (Å²) in [5.41, 5.74) is 2.26. The second-order valence-electron chi connectivity index (χ2n) is 3.94. The Balaban J connectivity index is 2.31. The van der Waals surface area contributed by atoms with Crippen LogP contribution in [0.5, 0.6) is 0 Å². The van der Waals surface area contributed by atoms with Gasteiger partial charge in [0, 0.05) is 18.9 Å². The first kappa shape index (κ1) is 12.6. The van der Waals surface area contributed by atoms with Gasteiger partial charge in [0.1, 0.15) is 0 Å². The zero-order chi connectivity index (χ0) is 12.0. The third kappa shape index (κ3) is 4.40. The maximum Gasteiger partial charge on any atom is 0.320 e. The van der Waals surface area contributed by atoms with Crippen molar-refractivity contribution in [2.75, 3.05) is 6.54 Å². The number of aryl methyl sites for hydroxylation is 1. The van der Waals surface area contributed by atoms with Crippen LogP contribution < -0.4 is 5.32 Å². The molecule has 1 heterocycles. The monoisotopic (exact) mass is 222 g/mol. The number of rotatable bonds is 5. The first-order chi connectivity index (χ1) is 7.59. The molecule has 16 heavy (non-hydrogen) atoms. The highest BCUT2D eigenvalue weighted by atomic mass is 16.5. The first-order valence-corrected chi connectivity index (χ1v) is 5.39. The van der Waals surface area contributed by atoms with Crippen LogP contribution in [-0.2, 0) is 16.1 Å². The van der Waals surface area contributed by atoms with E-state index in [-0.39, 0.29) is 18.6 Å². The lowest BCUT2D eigenvalue weighted by Crippen LogP contribution is -2.26. The van der Waals surface area contributed by atoms with Crippen molar-refractivity contribution in [3.05, 3.63) is 29.6 Å². The van der Waals surface area contributed by atoms with Crippen LogP contribution in [0.1, 0.15) is 25.0 Å². The van der Waals surface area contributed by atoms with Crippen molar-refractivity contribution < 1.29 is 9.53 Å². The van der Waals surface area contributed by atoms with Crippen molar-refractivity contribution in [2.24, 2.45) is 0 Å². The van der Waals surface area contributed by atoms with Crippen molar-refractivity contribution in [2.45, 2.75) is 33.4 Å². The molecule has 1 aromatic rings. The molecule has 4 nitrogen and oxygen atoms in total. The van der Waals surface area contributed by atoms with Gasteiger partial charge in [0.05, 0.1) is 12.6 Å². The Bertz CT molecular complexity index is 351. The average molecular weight is 222 g/mol. The van der Waals surface area contributed by atoms with Crippen LogP contribution in [0.4, 0.5) is 0 Å². The molecule has 0 saturated carbocycles. The van der Waals surface area contributed by atoms with Crippen molar-refractivity contribution in [1.82, 2.24) is 10.3 Å². The Kier molecular flexibility index (Phi) is 4.92. The number of hydrogen-bond acceptors (Lipinski definition) is 4. The van der Waals surface area contributed by atoms with E-state index >= 15 is 0 Å². The molecule has 0 spiro atoms. The van der Waals surface area contributed by atoms with E-state index in [2.05, 4.69) is 10.3 Å². The zero-order valence-electron chi connectivity index (χ0n) is 9.99. The molecule has 0 saturated heterocycles. The van der Waals surface area contributed by atoms with Gasteiger partial charge in [-0.2, -0.15) is 0 Å². The van der Waals surface area contributed by atoms with Crippen LogP contribution in [-0.4, -0.2) is 23.6 Å². The maximum atomic E-state index is 11.2. The summed E-state index contributed by atoms with van der Waals surface area (Å²) in [5.74, 6) is -0.225. The second-order valence-corrected chi connectivity index (χ2v) is 3.94. The largest absolute Gasteiger partial charge is 0.462 e. The summed E-state index contributed by atoms with van der Waals surface area (Å²) in [6.07, 6.45) is 3.50. The normalized spacial score (nSPS) is 10.5. The van der Waals surface area contributed by atoms with Crippen molar-refractivity contribution in [3.8, 4) is 0 Å². The number of carbonyl (C=O) groups excluding carboxylic acids is 1. The lowest BCUT2D eigenvalue weighted by Gasteiger charge is -2.09. The van der Waals surface area contributed by atoms with Gasteiger partial charge in [-0.3, -0.25) is 9.78 Å². The zero-order valence-corrected chi connectivity index (χ0v) is 9.99. The number of pyridine rings is 1. The third-order valence-corrected chi connectivity index (χ3v) is 2.10. The Morgan fingerprint density at radius 2 is 2.31 bits per heavy atom. The van der Waals surface area contributed by atoms with Crippen LogP contribution in [0, 0.1) is 6.92 Å². The number of nitrogens with one attached hydrogen (secondary N) is 1. The molecule has 0 aliphatic rings. The predicted molar refractivity (Wildman–Crippen MR) is 61.9 cm³/mol. The van der Waals surface area contributed by atoms with Crippen LogP contribution in [0.3, 0.4) is 0 Å². The van der Waals surface area contributed by atoms with E-state index in [0.717, 1.165) is 5.56 Å². The highest BCUT2D eigenvalue weighted by Crippen LogP contribution is 2.03. The summed E-state index contributed by atoms with van der Waals surface area (Å²) in [6, 6.07) is 1.95. The number of ether oxygens (including phenoxy) is 1. The summed E-state index contributed by atoms with van der Waals surface area (Å²) in [4.78, 5) is 15.3. The highest BCUT2D eigenvalue weighted by molar-refractivity contribution is 5.71. The van der Waals surface area contributed by atoms with Gasteiger partial charge in [-0.25, -0.2) is 0 Å². The molecule has 1 N–H and O–H groups in total. The third-order valence-electron chi connectivity index (χ3n) is 2.10. The minimum absolute atomic E-state index is 0.0607. The minimum atomic E-state index is -0.225. The Morgan fingerprint density at radius 1 is 1.56 bits per heavy atom. The lowest BCUT2D eigenvalue weighted by molar-refractivity contribution is -0.146. The molecule has 1 rings (SSSR count). The van der Waals surface area contributed by atoms with Gasteiger partial charge in [0.2, 0.25) is 0 Å². The van der Waals surface area contributed by atoms with Gasteiger partial charge in [0.15, 0.2) is 0 Å². The van der Waals surface area contributed by atoms with Crippen molar-refractivity contribution in [3.63, 3.8) is 0 Å². The van der Waals surface area contributed by atoms with E-state index < -0.39 is 0 Å². The van der Waals surface area contributed by atoms with Gasteiger partial charge in [-0.15, -0.1) is 0 Å².